The highest BCUT2D eigenvalue weighted by atomic mass is 16.2. The van der Waals surface area contributed by atoms with Crippen molar-refractivity contribution in [3.63, 3.8) is 0 Å². The Hall–Kier alpha value is -2.82. The summed E-state index contributed by atoms with van der Waals surface area (Å²) in [6, 6.07) is 19.4. The van der Waals surface area contributed by atoms with Gasteiger partial charge in [0.25, 0.3) is 0 Å². The predicted octanol–water partition coefficient (Wildman–Crippen LogP) is 3.77. The van der Waals surface area contributed by atoms with Gasteiger partial charge in [-0.15, -0.1) is 0 Å². The summed E-state index contributed by atoms with van der Waals surface area (Å²) in [5.41, 5.74) is 2.07. The summed E-state index contributed by atoms with van der Waals surface area (Å²) in [4.78, 5) is 29.6. The maximum atomic E-state index is 13.1. The molecular weight excluding hydrogens is 362 g/mol. The Bertz CT molecular complexity index is 779. The molecule has 1 atom stereocenters. The molecule has 1 N–H and O–H groups in total. The minimum Gasteiger partial charge on any atom is -0.372 e. The molecule has 1 unspecified atom stereocenters. The number of nitrogens with zero attached hydrogens (tertiary/aromatic N) is 2. The molecule has 5 nitrogen and oxygen atoms in total. The van der Waals surface area contributed by atoms with Crippen molar-refractivity contribution in [1.29, 1.82) is 0 Å². The van der Waals surface area contributed by atoms with Crippen LogP contribution in [0.4, 0.5) is 5.69 Å². The van der Waals surface area contributed by atoms with Crippen LogP contribution in [0.2, 0.25) is 0 Å². The zero-order chi connectivity index (χ0) is 20.5. The summed E-state index contributed by atoms with van der Waals surface area (Å²) in [6.07, 6.45) is 3.23. The summed E-state index contributed by atoms with van der Waals surface area (Å²) in [7, 11) is 0. The Labute approximate surface area is 173 Å². The van der Waals surface area contributed by atoms with E-state index in [0.29, 0.717) is 19.5 Å². The Morgan fingerprint density at radius 1 is 1.07 bits per heavy atom. The van der Waals surface area contributed by atoms with Gasteiger partial charge in [-0.25, -0.2) is 0 Å². The lowest BCUT2D eigenvalue weighted by atomic mass is 10.0. The molecule has 1 aliphatic heterocycles. The van der Waals surface area contributed by atoms with Crippen LogP contribution in [-0.4, -0.2) is 42.9 Å². The second kappa shape index (κ2) is 10.6. The minimum absolute atomic E-state index is 0.0708. The number of rotatable bonds is 9. The first-order chi connectivity index (χ1) is 14.2. The standard InChI is InChI=1S/C24H31N3O2/c1-2-26(21-14-7-4-8-15-21)18-11-17-25-24(29)23(20-12-5-3-6-13-20)27-19-10-9-16-22(27)28/h3-8,12-15,23H,2,9-11,16-19H2,1H3,(H,25,29). The van der Waals surface area contributed by atoms with E-state index in [-0.39, 0.29) is 11.8 Å². The summed E-state index contributed by atoms with van der Waals surface area (Å²) in [6.45, 7) is 5.17. The van der Waals surface area contributed by atoms with E-state index in [9.17, 15) is 9.59 Å². The van der Waals surface area contributed by atoms with Gasteiger partial charge in [-0.05, 0) is 43.9 Å². The normalized spacial score (nSPS) is 15.1. The number of benzene rings is 2. The first-order valence-corrected chi connectivity index (χ1v) is 10.6. The summed E-state index contributed by atoms with van der Waals surface area (Å²) >= 11 is 0. The molecule has 2 aromatic carbocycles. The van der Waals surface area contributed by atoms with E-state index in [1.807, 2.05) is 48.5 Å². The van der Waals surface area contributed by atoms with Crippen molar-refractivity contribution in [1.82, 2.24) is 10.2 Å². The van der Waals surface area contributed by atoms with Gasteiger partial charge in [-0.1, -0.05) is 48.5 Å². The van der Waals surface area contributed by atoms with Crippen LogP contribution in [0.15, 0.2) is 60.7 Å². The van der Waals surface area contributed by atoms with E-state index in [1.165, 1.54) is 5.69 Å². The molecule has 0 aromatic heterocycles. The van der Waals surface area contributed by atoms with E-state index in [0.717, 1.165) is 37.9 Å². The van der Waals surface area contributed by atoms with Crippen LogP contribution in [0, 0.1) is 0 Å². The molecule has 29 heavy (non-hydrogen) atoms. The molecule has 1 saturated heterocycles. The molecule has 2 amide bonds. The van der Waals surface area contributed by atoms with Crippen molar-refractivity contribution in [2.45, 2.75) is 38.6 Å². The highest BCUT2D eigenvalue weighted by molar-refractivity contribution is 5.89. The number of carbonyl (C=O) groups excluding carboxylic acids is 2. The SMILES string of the molecule is CCN(CCCNC(=O)C(c1ccccc1)N1CCCCC1=O)c1ccccc1. The fourth-order valence-electron chi connectivity index (χ4n) is 3.89. The first kappa shape index (κ1) is 20.9. The lowest BCUT2D eigenvalue weighted by Crippen LogP contribution is -2.46. The third kappa shape index (κ3) is 5.59. The molecule has 0 radical (unpaired) electrons. The Balaban J connectivity index is 1.59. The fourth-order valence-corrected chi connectivity index (χ4v) is 3.89. The number of piperidine rings is 1. The molecule has 1 fully saturated rings. The molecule has 0 spiro atoms. The van der Waals surface area contributed by atoms with Crippen LogP contribution in [-0.2, 0) is 9.59 Å². The Morgan fingerprint density at radius 3 is 2.41 bits per heavy atom. The van der Waals surface area contributed by atoms with Gasteiger partial charge >= 0.3 is 0 Å². The monoisotopic (exact) mass is 393 g/mol. The van der Waals surface area contributed by atoms with Crippen LogP contribution < -0.4 is 10.2 Å². The number of para-hydroxylation sites is 1. The van der Waals surface area contributed by atoms with E-state index >= 15 is 0 Å². The van der Waals surface area contributed by atoms with Gasteiger partial charge in [0.1, 0.15) is 6.04 Å². The van der Waals surface area contributed by atoms with Crippen molar-refractivity contribution >= 4 is 17.5 Å². The second-order valence-electron chi connectivity index (χ2n) is 7.42. The van der Waals surface area contributed by atoms with Crippen molar-refractivity contribution < 1.29 is 9.59 Å². The molecule has 5 heteroatoms. The number of likely N-dealkylation sites (tertiary alicyclic amines) is 1. The number of nitrogens with one attached hydrogen (secondary N) is 1. The van der Waals surface area contributed by atoms with Crippen LogP contribution >= 0.6 is 0 Å². The third-order valence-electron chi connectivity index (χ3n) is 5.44. The van der Waals surface area contributed by atoms with E-state index in [4.69, 9.17) is 0 Å². The lowest BCUT2D eigenvalue weighted by molar-refractivity contribution is -0.142. The highest BCUT2D eigenvalue weighted by Gasteiger charge is 2.32. The third-order valence-corrected chi connectivity index (χ3v) is 5.44. The molecular formula is C24H31N3O2. The van der Waals surface area contributed by atoms with Crippen LogP contribution in [0.3, 0.4) is 0 Å². The van der Waals surface area contributed by atoms with Crippen LogP contribution in [0.5, 0.6) is 0 Å². The fraction of sp³-hybridized carbons (Fsp3) is 0.417. The van der Waals surface area contributed by atoms with Gasteiger partial charge in [0.05, 0.1) is 0 Å². The maximum Gasteiger partial charge on any atom is 0.247 e. The van der Waals surface area contributed by atoms with Gasteiger partial charge in [0.15, 0.2) is 0 Å². The number of carbonyl (C=O) groups is 2. The van der Waals surface area contributed by atoms with Crippen LogP contribution in [0.25, 0.3) is 0 Å². The average Bonchev–Trinajstić information content (AvgIpc) is 2.77. The molecule has 1 heterocycles. The van der Waals surface area contributed by atoms with Crippen molar-refractivity contribution in [3.8, 4) is 0 Å². The number of hydrogen-bond acceptors (Lipinski definition) is 3. The zero-order valence-electron chi connectivity index (χ0n) is 17.2. The van der Waals surface area contributed by atoms with Crippen molar-refractivity contribution in [2.24, 2.45) is 0 Å². The first-order valence-electron chi connectivity index (χ1n) is 10.6. The van der Waals surface area contributed by atoms with Gasteiger partial charge in [-0.3, -0.25) is 9.59 Å². The van der Waals surface area contributed by atoms with Gasteiger partial charge < -0.3 is 15.1 Å². The minimum atomic E-state index is -0.541. The topological polar surface area (TPSA) is 52.7 Å². The Kier molecular flexibility index (Phi) is 7.68. The van der Waals surface area contributed by atoms with Gasteiger partial charge in [0, 0.05) is 38.3 Å². The maximum absolute atomic E-state index is 13.1. The number of anilines is 1. The molecule has 1 aliphatic rings. The largest absolute Gasteiger partial charge is 0.372 e. The molecule has 154 valence electrons. The molecule has 0 saturated carbocycles. The molecule has 3 rings (SSSR count). The molecule has 0 bridgehead atoms. The quantitative estimate of drug-likeness (QED) is 0.660. The lowest BCUT2D eigenvalue weighted by Gasteiger charge is -2.34. The van der Waals surface area contributed by atoms with Crippen molar-refractivity contribution in [3.05, 3.63) is 66.2 Å². The van der Waals surface area contributed by atoms with E-state index in [1.54, 1.807) is 4.90 Å². The molecule has 2 aromatic rings. The Morgan fingerprint density at radius 2 is 1.76 bits per heavy atom. The summed E-state index contributed by atoms with van der Waals surface area (Å²) < 4.78 is 0. The average molecular weight is 394 g/mol. The van der Waals surface area contributed by atoms with Gasteiger partial charge in [-0.2, -0.15) is 0 Å². The van der Waals surface area contributed by atoms with Gasteiger partial charge in [0.2, 0.25) is 11.8 Å². The predicted molar refractivity (Wildman–Crippen MR) is 117 cm³/mol. The van der Waals surface area contributed by atoms with Crippen LogP contribution in [0.1, 0.15) is 44.2 Å². The van der Waals surface area contributed by atoms with E-state index < -0.39 is 6.04 Å². The molecule has 0 aliphatic carbocycles. The van der Waals surface area contributed by atoms with E-state index in [2.05, 4.69) is 29.3 Å². The van der Waals surface area contributed by atoms with Crippen molar-refractivity contribution in [2.75, 3.05) is 31.1 Å². The second-order valence-corrected chi connectivity index (χ2v) is 7.42. The number of hydrogen-bond donors (Lipinski definition) is 1. The number of amides is 2. The highest BCUT2D eigenvalue weighted by Crippen LogP contribution is 2.25. The smallest absolute Gasteiger partial charge is 0.247 e. The zero-order valence-corrected chi connectivity index (χ0v) is 17.2. The summed E-state index contributed by atoms with van der Waals surface area (Å²) in [5.74, 6) is -0.0179. The summed E-state index contributed by atoms with van der Waals surface area (Å²) in [5, 5.41) is 3.07.